The van der Waals surface area contributed by atoms with Gasteiger partial charge >= 0.3 is 5.97 Å². The molecule has 10 heteroatoms. The predicted octanol–water partition coefficient (Wildman–Crippen LogP) is 0.831. The van der Waals surface area contributed by atoms with Crippen molar-refractivity contribution in [3.8, 4) is 0 Å². The number of nitrogens with two attached hydrogens (primary N) is 1. The minimum atomic E-state index is -3.97. The zero-order chi connectivity index (χ0) is 20.4. The Balaban J connectivity index is -0.000000498. The Morgan fingerprint density at radius 2 is 1.73 bits per heavy atom. The van der Waals surface area contributed by atoms with E-state index in [1.807, 2.05) is 21.1 Å². The molecule has 1 atom stereocenters. The molecule has 8 nitrogen and oxygen atoms in total. The Morgan fingerprint density at radius 3 is 1.96 bits per heavy atom. The van der Waals surface area contributed by atoms with Crippen LogP contribution < -0.4 is 5.73 Å². The lowest BCUT2D eigenvalue weighted by atomic mass is 10.2. The number of esters is 1. The van der Waals surface area contributed by atoms with Gasteiger partial charge in [0.05, 0.1) is 31.3 Å². The van der Waals surface area contributed by atoms with Crippen LogP contribution in [0, 0.1) is 5.92 Å². The summed E-state index contributed by atoms with van der Waals surface area (Å²) in [6.45, 7) is 9.00. The number of primary amides is 1. The summed E-state index contributed by atoms with van der Waals surface area (Å²) in [6, 6.07) is 0. The van der Waals surface area contributed by atoms with Crippen LogP contribution in [0.1, 0.15) is 20.8 Å². The zero-order valence-corrected chi connectivity index (χ0v) is 17.9. The first-order valence-electron chi connectivity index (χ1n) is 7.61. The van der Waals surface area contributed by atoms with Crippen molar-refractivity contribution < 1.29 is 31.8 Å². The Bertz CT molecular complexity index is 594. The van der Waals surface area contributed by atoms with Gasteiger partial charge in [0.2, 0.25) is 5.91 Å². The molecule has 0 aliphatic heterocycles. The van der Waals surface area contributed by atoms with Crippen LogP contribution in [-0.2, 0) is 24.4 Å². The van der Waals surface area contributed by atoms with Crippen LogP contribution in [0.15, 0.2) is 24.3 Å². The number of amides is 1. The largest absolute Gasteiger partial charge is 0.748 e. The van der Waals surface area contributed by atoms with Crippen LogP contribution in [0.2, 0.25) is 0 Å². The van der Waals surface area contributed by atoms with Gasteiger partial charge in [0.1, 0.15) is 6.54 Å². The average Bonchev–Trinajstić information content (AvgIpc) is 2.31. The third-order valence-corrected chi connectivity index (χ3v) is 3.42. The lowest BCUT2D eigenvalue weighted by molar-refractivity contribution is -0.872. The van der Waals surface area contributed by atoms with Crippen LogP contribution in [0.4, 0.5) is 0 Å². The van der Waals surface area contributed by atoms with Crippen LogP contribution in [0.5, 0.6) is 0 Å². The lowest BCUT2D eigenvalue weighted by Gasteiger charge is -2.27. The summed E-state index contributed by atoms with van der Waals surface area (Å²) in [5, 5.41) is 0. The first-order chi connectivity index (χ1) is 11.0. The molecule has 2 N–H and O–H groups in total. The third-order valence-electron chi connectivity index (χ3n) is 2.35. The molecule has 0 saturated carbocycles. The van der Waals surface area contributed by atoms with Gasteiger partial charge < -0.3 is 19.5 Å². The molecular weight excluding hydrogens is 384 g/mol. The molecule has 0 aromatic carbocycles. The summed E-state index contributed by atoms with van der Waals surface area (Å²) in [5.41, 5.74) is 5.33. The van der Waals surface area contributed by atoms with Crippen molar-refractivity contribution >= 4 is 34.4 Å². The normalized spacial score (nSPS) is 12.6. The van der Waals surface area contributed by atoms with Crippen LogP contribution in [0.25, 0.3) is 0 Å². The molecule has 0 aliphatic rings. The molecule has 0 saturated heterocycles. The van der Waals surface area contributed by atoms with Gasteiger partial charge in [0.15, 0.2) is 6.10 Å². The number of likely N-dealkylation sites (N-methyl/N-ethyl adjacent to an activating group) is 1. The van der Waals surface area contributed by atoms with Crippen LogP contribution in [-0.4, -0.2) is 68.9 Å². The highest BCUT2D eigenvalue weighted by Crippen LogP contribution is 2.05. The van der Waals surface area contributed by atoms with E-state index in [1.54, 1.807) is 20.8 Å². The van der Waals surface area contributed by atoms with Gasteiger partial charge in [0.25, 0.3) is 0 Å². The molecule has 0 aromatic rings. The number of halogens is 1. The molecule has 154 valence electrons. The Labute approximate surface area is 162 Å². The van der Waals surface area contributed by atoms with E-state index in [9.17, 15) is 22.6 Å². The van der Waals surface area contributed by atoms with Crippen molar-refractivity contribution in [3.05, 3.63) is 24.3 Å². The average molecular weight is 415 g/mol. The molecule has 1 unspecified atom stereocenters. The second-order valence-electron chi connectivity index (χ2n) is 7.08. The minimum Gasteiger partial charge on any atom is -0.748 e. The number of carbonyl (C=O) groups excluding carboxylic acids is 2. The van der Waals surface area contributed by atoms with E-state index in [-0.39, 0.29) is 24.1 Å². The first-order valence-corrected chi connectivity index (χ1v) is 9.19. The summed E-state index contributed by atoms with van der Waals surface area (Å²) in [5.74, 6) is -1.36. The number of rotatable bonds is 8. The highest BCUT2D eigenvalue weighted by atomic mass is 35.5. The topological polar surface area (TPSA) is 127 Å². The van der Waals surface area contributed by atoms with Crippen LogP contribution in [0.3, 0.4) is 0 Å². The molecular formula is C16H31ClN2O6S. The van der Waals surface area contributed by atoms with Crippen molar-refractivity contribution in [2.45, 2.75) is 26.9 Å². The number of hydrogen-bond donors (Lipinski definition) is 1. The number of ether oxygens (including phenoxy) is 1. The first kappa shape index (κ1) is 29.3. The number of nitrogens with zero attached hydrogens (tertiary/aromatic N) is 1. The van der Waals surface area contributed by atoms with Crippen LogP contribution >= 0.6 is 12.4 Å². The molecule has 0 heterocycles. The summed E-state index contributed by atoms with van der Waals surface area (Å²) >= 11 is 0. The van der Waals surface area contributed by atoms with E-state index >= 15 is 0 Å². The van der Waals surface area contributed by atoms with Gasteiger partial charge in [-0.2, -0.15) is 0 Å². The maximum absolute atomic E-state index is 11.4. The molecule has 0 radical (unpaired) electrons. The van der Waals surface area contributed by atoms with Crippen molar-refractivity contribution in [1.29, 1.82) is 0 Å². The van der Waals surface area contributed by atoms with E-state index in [4.69, 9.17) is 10.5 Å². The van der Waals surface area contributed by atoms with Gasteiger partial charge in [-0.15, -0.1) is 12.4 Å². The highest BCUT2D eigenvalue weighted by molar-refractivity contribution is 7.85. The third kappa shape index (κ3) is 22.6. The van der Waals surface area contributed by atoms with E-state index in [0.717, 1.165) is 0 Å². The van der Waals surface area contributed by atoms with Crippen molar-refractivity contribution in [2.24, 2.45) is 11.7 Å². The maximum atomic E-state index is 11.4. The zero-order valence-electron chi connectivity index (χ0n) is 16.2. The van der Waals surface area contributed by atoms with Crippen molar-refractivity contribution in [1.82, 2.24) is 0 Å². The van der Waals surface area contributed by atoms with Crippen molar-refractivity contribution in [3.63, 3.8) is 0 Å². The molecule has 0 rings (SSSR count). The smallest absolute Gasteiger partial charge is 0.333 e. The molecule has 26 heavy (non-hydrogen) atoms. The lowest BCUT2D eigenvalue weighted by Crippen LogP contribution is -2.42. The van der Waals surface area contributed by atoms with Gasteiger partial charge in [-0.25, -0.2) is 13.2 Å². The Kier molecular flexibility index (Phi) is 14.5. The number of hydrogen-bond acceptors (Lipinski definition) is 6. The van der Waals surface area contributed by atoms with Crippen molar-refractivity contribution in [2.75, 3.05) is 33.4 Å². The second kappa shape index (κ2) is 12.9. The molecule has 0 bridgehead atoms. The summed E-state index contributed by atoms with van der Waals surface area (Å²) < 4.78 is 35.4. The standard InChI is InChI=1S/C12H20N2O3.C4H10O3S.ClH/c1-9(2)12(16)17-10(6-7-11(13)15)8-14(3,4)5;1-4(2)3-8(5,6)7;/h6-7,10H,1,8H2,2-5H3,(H-,13,15);4H,3H2,1-2H3,(H,5,6,7);1H. The number of quaternary nitrogens is 1. The van der Waals surface area contributed by atoms with E-state index in [1.165, 1.54) is 12.2 Å². The van der Waals surface area contributed by atoms with E-state index in [0.29, 0.717) is 16.6 Å². The molecule has 0 aliphatic carbocycles. The Morgan fingerprint density at radius 1 is 1.27 bits per heavy atom. The Hall–Kier alpha value is -1.42. The fourth-order valence-corrected chi connectivity index (χ4v) is 2.34. The molecule has 0 spiro atoms. The quantitative estimate of drug-likeness (QED) is 0.271. The maximum Gasteiger partial charge on any atom is 0.333 e. The minimum absolute atomic E-state index is 0. The molecule has 1 amide bonds. The van der Waals surface area contributed by atoms with Gasteiger partial charge in [0, 0.05) is 17.4 Å². The molecule has 0 fully saturated rings. The summed E-state index contributed by atoms with van der Waals surface area (Å²) in [4.78, 5) is 22.1. The van der Waals surface area contributed by atoms with E-state index < -0.39 is 28.1 Å². The fraction of sp³-hybridized carbons (Fsp3) is 0.625. The fourth-order valence-electron chi connectivity index (χ4n) is 1.53. The predicted molar refractivity (Wildman–Crippen MR) is 103 cm³/mol. The summed E-state index contributed by atoms with van der Waals surface area (Å²) in [6.07, 6.45) is 2.20. The number of carbonyl (C=O) groups is 2. The van der Waals surface area contributed by atoms with Gasteiger partial charge in [-0.05, 0) is 18.9 Å². The van der Waals surface area contributed by atoms with E-state index in [2.05, 4.69) is 6.58 Å². The second-order valence-corrected chi connectivity index (χ2v) is 8.53. The molecule has 0 aromatic heterocycles. The summed E-state index contributed by atoms with van der Waals surface area (Å²) in [7, 11) is 1.90. The SMILES string of the molecule is C=C(C)C(=O)OC(C=CC(N)=O)C[N+](C)(C)C.CC(C)CS(=O)(=O)[O-].Cl. The van der Waals surface area contributed by atoms with Gasteiger partial charge in [-0.3, -0.25) is 4.79 Å². The highest BCUT2D eigenvalue weighted by Gasteiger charge is 2.20. The monoisotopic (exact) mass is 414 g/mol. The van der Waals surface area contributed by atoms with Gasteiger partial charge in [-0.1, -0.05) is 20.4 Å².